The molecule has 28 heavy (non-hydrogen) atoms. The monoisotopic (exact) mass is 396 g/mol. The zero-order valence-electron chi connectivity index (χ0n) is 15.2. The highest BCUT2D eigenvalue weighted by molar-refractivity contribution is 7.92. The molecule has 5 rings (SSSR count). The second-order valence-corrected chi connectivity index (χ2v) is 9.80. The molecule has 0 spiro atoms. The summed E-state index contributed by atoms with van der Waals surface area (Å²) in [5.41, 5.74) is 2.60. The predicted molar refractivity (Wildman–Crippen MR) is 101 cm³/mol. The van der Waals surface area contributed by atoms with Crippen LogP contribution in [0.4, 0.5) is 4.39 Å². The summed E-state index contributed by atoms with van der Waals surface area (Å²) >= 11 is 0. The van der Waals surface area contributed by atoms with Crippen LogP contribution < -0.4 is 0 Å². The fraction of sp³-hybridized carbons (Fsp3) is 0.350. The molecular formula is C20H17FN4O2S. The highest BCUT2D eigenvalue weighted by atomic mass is 32.2. The average molecular weight is 396 g/mol. The van der Waals surface area contributed by atoms with E-state index in [9.17, 15) is 13.7 Å². The number of sulfone groups is 1. The number of nitriles is 1. The van der Waals surface area contributed by atoms with Crippen molar-refractivity contribution < 1.29 is 12.8 Å². The molecule has 0 atom stereocenters. The van der Waals surface area contributed by atoms with Crippen LogP contribution in [0.3, 0.4) is 0 Å². The van der Waals surface area contributed by atoms with Gasteiger partial charge in [0, 0.05) is 22.4 Å². The molecule has 0 bridgehead atoms. The molecule has 2 aromatic heterocycles. The first-order valence-electron chi connectivity index (χ1n) is 9.23. The Morgan fingerprint density at radius 2 is 2.00 bits per heavy atom. The van der Waals surface area contributed by atoms with E-state index in [-0.39, 0.29) is 16.2 Å². The van der Waals surface area contributed by atoms with Crippen molar-refractivity contribution in [3.8, 4) is 17.2 Å². The fourth-order valence-electron chi connectivity index (χ4n) is 3.76. The van der Waals surface area contributed by atoms with Crippen molar-refractivity contribution >= 4 is 20.7 Å². The van der Waals surface area contributed by atoms with E-state index in [2.05, 4.69) is 15.2 Å². The van der Waals surface area contributed by atoms with E-state index < -0.39 is 20.9 Å². The quantitative estimate of drug-likeness (QED) is 0.724. The molecule has 2 aliphatic carbocycles. The molecule has 0 radical (unpaired) electrons. The summed E-state index contributed by atoms with van der Waals surface area (Å²) in [6, 6.07) is 4.66. The van der Waals surface area contributed by atoms with Crippen LogP contribution in [0.5, 0.6) is 0 Å². The maximum absolute atomic E-state index is 15.2. The molecule has 2 aliphatic rings. The lowest BCUT2D eigenvalue weighted by Crippen LogP contribution is -2.10. The molecular weight excluding hydrogens is 379 g/mol. The summed E-state index contributed by atoms with van der Waals surface area (Å²) in [5.74, 6) is -0.376. The van der Waals surface area contributed by atoms with Gasteiger partial charge in [-0.2, -0.15) is 10.4 Å². The third kappa shape index (κ3) is 2.53. The number of hydrogen-bond acceptors (Lipinski definition) is 5. The van der Waals surface area contributed by atoms with Crippen molar-refractivity contribution in [2.75, 3.05) is 0 Å². The largest absolute Gasteiger partial charge is 0.276 e. The Hall–Kier alpha value is -2.79. The van der Waals surface area contributed by atoms with Gasteiger partial charge < -0.3 is 0 Å². The van der Waals surface area contributed by atoms with Gasteiger partial charge >= 0.3 is 0 Å². The van der Waals surface area contributed by atoms with Gasteiger partial charge in [0.05, 0.1) is 27.6 Å². The van der Waals surface area contributed by atoms with Crippen molar-refractivity contribution in [3.05, 3.63) is 41.1 Å². The van der Waals surface area contributed by atoms with Crippen LogP contribution in [0, 0.1) is 24.1 Å². The standard InChI is InChI=1S/C20H17FN4O2S/c1-10-6-13(14(21)7-17(10)28(26,27)12-4-5-12)18-15(8-22)23-9-16-19(18)20(25-24-16)11-2-3-11/h6-7,9,11-12H,2-5H2,1H3,(H,24,25). The highest BCUT2D eigenvalue weighted by Crippen LogP contribution is 2.45. The first kappa shape index (κ1) is 17.3. The minimum Gasteiger partial charge on any atom is -0.276 e. The molecule has 8 heteroatoms. The number of H-pyrrole nitrogens is 1. The molecule has 2 fully saturated rings. The van der Waals surface area contributed by atoms with Crippen LogP contribution >= 0.6 is 0 Å². The Labute approximate surface area is 161 Å². The number of nitrogens with zero attached hydrogens (tertiary/aromatic N) is 3. The van der Waals surface area contributed by atoms with E-state index in [1.54, 1.807) is 6.92 Å². The van der Waals surface area contributed by atoms with Gasteiger partial charge in [-0.25, -0.2) is 17.8 Å². The van der Waals surface area contributed by atoms with Gasteiger partial charge in [-0.05, 0) is 50.3 Å². The Bertz CT molecular complexity index is 1280. The summed E-state index contributed by atoms with van der Waals surface area (Å²) < 4.78 is 40.4. The molecule has 2 heterocycles. The molecule has 3 aromatic rings. The van der Waals surface area contributed by atoms with Crippen LogP contribution in [0.1, 0.15) is 48.6 Å². The topological polar surface area (TPSA) is 99.5 Å². The Balaban J connectivity index is 1.78. The molecule has 2 saturated carbocycles. The minimum absolute atomic E-state index is 0.0319. The van der Waals surface area contributed by atoms with Crippen LogP contribution in [-0.4, -0.2) is 28.8 Å². The second kappa shape index (κ2) is 5.85. The van der Waals surface area contributed by atoms with Gasteiger partial charge in [-0.3, -0.25) is 5.10 Å². The average Bonchev–Trinajstić information content (AvgIpc) is 3.59. The second-order valence-electron chi connectivity index (χ2n) is 7.61. The van der Waals surface area contributed by atoms with Gasteiger partial charge in [-0.15, -0.1) is 0 Å². The third-order valence-electron chi connectivity index (χ3n) is 5.51. The van der Waals surface area contributed by atoms with E-state index in [0.717, 1.165) is 24.6 Å². The maximum atomic E-state index is 15.2. The summed E-state index contributed by atoms with van der Waals surface area (Å²) in [4.78, 5) is 4.19. The van der Waals surface area contributed by atoms with E-state index >= 15 is 4.39 Å². The maximum Gasteiger partial charge on any atom is 0.181 e. The molecule has 0 amide bonds. The van der Waals surface area contributed by atoms with Crippen molar-refractivity contribution in [2.24, 2.45) is 0 Å². The van der Waals surface area contributed by atoms with Gasteiger partial charge in [0.15, 0.2) is 9.84 Å². The molecule has 0 unspecified atom stereocenters. The van der Waals surface area contributed by atoms with Crippen molar-refractivity contribution in [1.82, 2.24) is 15.2 Å². The van der Waals surface area contributed by atoms with Crippen molar-refractivity contribution in [1.29, 1.82) is 5.26 Å². The fourth-order valence-corrected chi connectivity index (χ4v) is 5.65. The minimum atomic E-state index is -3.52. The molecule has 1 N–H and O–H groups in total. The van der Waals surface area contributed by atoms with Gasteiger partial charge in [0.25, 0.3) is 0 Å². The number of rotatable bonds is 4. The smallest absolute Gasteiger partial charge is 0.181 e. The van der Waals surface area contributed by atoms with E-state index in [1.165, 1.54) is 12.3 Å². The van der Waals surface area contributed by atoms with E-state index in [1.807, 2.05) is 6.07 Å². The van der Waals surface area contributed by atoms with Gasteiger partial charge in [-0.1, -0.05) is 0 Å². The normalized spacial score (nSPS) is 17.0. The molecule has 0 saturated heterocycles. The first-order valence-corrected chi connectivity index (χ1v) is 10.8. The number of aromatic nitrogens is 3. The van der Waals surface area contributed by atoms with Gasteiger partial charge in [0.1, 0.15) is 17.6 Å². The summed E-state index contributed by atoms with van der Waals surface area (Å²) in [6.45, 7) is 1.66. The van der Waals surface area contributed by atoms with Crippen LogP contribution in [0.15, 0.2) is 23.2 Å². The zero-order valence-corrected chi connectivity index (χ0v) is 16.0. The number of nitrogens with one attached hydrogen (secondary N) is 1. The molecule has 6 nitrogen and oxygen atoms in total. The number of halogens is 1. The molecule has 142 valence electrons. The highest BCUT2D eigenvalue weighted by Gasteiger charge is 2.38. The number of aromatic amines is 1. The van der Waals surface area contributed by atoms with Crippen LogP contribution in [0.25, 0.3) is 22.0 Å². The van der Waals surface area contributed by atoms with Gasteiger partial charge in [0.2, 0.25) is 0 Å². The Morgan fingerprint density at radius 1 is 1.25 bits per heavy atom. The predicted octanol–water partition coefficient (Wildman–Crippen LogP) is 3.76. The van der Waals surface area contributed by atoms with Crippen LogP contribution in [0.2, 0.25) is 0 Å². The molecule has 1 aromatic carbocycles. The van der Waals surface area contributed by atoms with Crippen LogP contribution in [-0.2, 0) is 9.84 Å². The summed E-state index contributed by atoms with van der Waals surface area (Å²) in [6.07, 6.45) is 4.78. The summed E-state index contributed by atoms with van der Waals surface area (Å²) in [5, 5.41) is 17.2. The van der Waals surface area contributed by atoms with E-state index in [0.29, 0.717) is 40.8 Å². The number of pyridine rings is 1. The lowest BCUT2D eigenvalue weighted by atomic mass is 9.96. The van der Waals surface area contributed by atoms with Crippen molar-refractivity contribution in [2.45, 2.75) is 48.7 Å². The van der Waals surface area contributed by atoms with Crippen molar-refractivity contribution in [3.63, 3.8) is 0 Å². The number of aryl methyl sites for hydroxylation is 1. The SMILES string of the molecule is Cc1cc(-c2c(C#N)ncc3[nH]nc(C4CC4)c23)c(F)cc1S(=O)(=O)C1CC1. The number of fused-ring (bicyclic) bond motifs is 1. The summed E-state index contributed by atoms with van der Waals surface area (Å²) in [7, 11) is -3.52. The Morgan fingerprint density at radius 3 is 2.64 bits per heavy atom. The zero-order chi connectivity index (χ0) is 19.6. The number of benzene rings is 1. The Kier molecular flexibility index (Phi) is 3.62. The third-order valence-corrected chi connectivity index (χ3v) is 7.91. The first-order chi connectivity index (χ1) is 13.4. The van der Waals surface area contributed by atoms with E-state index in [4.69, 9.17) is 0 Å². The molecule has 0 aliphatic heterocycles. The lowest BCUT2D eigenvalue weighted by Gasteiger charge is -2.13. The number of hydrogen-bond donors (Lipinski definition) is 1. The lowest BCUT2D eigenvalue weighted by molar-refractivity contribution is 0.589.